The molecule has 0 bridgehead atoms. The summed E-state index contributed by atoms with van der Waals surface area (Å²) in [6.07, 6.45) is -6.95. The van der Waals surface area contributed by atoms with Crippen LogP contribution in [0.2, 0.25) is 0 Å². The highest BCUT2D eigenvalue weighted by Gasteiger charge is 2.45. The van der Waals surface area contributed by atoms with E-state index in [0.717, 1.165) is 0 Å². The first kappa shape index (κ1) is 26.4. The average molecular weight is 543 g/mol. The maximum Gasteiger partial charge on any atom is 0.481 e. The Morgan fingerprint density at radius 2 is 1.66 bits per heavy atom. The molecule has 0 aromatic carbocycles. The van der Waals surface area contributed by atoms with Gasteiger partial charge in [-0.05, 0) is 0 Å². The van der Waals surface area contributed by atoms with Crippen LogP contribution in [0.5, 0.6) is 0 Å². The molecule has 2 unspecified atom stereocenters. The summed E-state index contributed by atoms with van der Waals surface area (Å²) >= 11 is 0. The minimum absolute atomic E-state index is 0.0308. The minimum atomic E-state index is -5.23. The van der Waals surface area contributed by atoms with Crippen LogP contribution in [0.25, 0.3) is 11.2 Å². The molecule has 2 fully saturated rings. The third-order valence-electron chi connectivity index (χ3n) is 5.25. The van der Waals surface area contributed by atoms with Crippen molar-refractivity contribution in [1.82, 2.24) is 19.5 Å². The molecule has 9 atom stereocenters. The van der Waals surface area contributed by atoms with Crippen LogP contribution >= 0.6 is 15.6 Å². The lowest BCUT2D eigenvalue weighted by atomic mass is 10.1. The number of fused-ring (bicyclic) bond motifs is 1. The fourth-order valence-electron chi connectivity index (χ4n) is 3.50. The molecule has 2 aliphatic heterocycles. The van der Waals surface area contributed by atoms with Crippen LogP contribution < -0.4 is 5.73 Å². The number of nitrogens with zero attached hydrogens (tertiary/aromatic N) is 4. The van der Waals surface area contributed by atoms with E-state index in [2.05, 4.69) is 28.3 Å². The van der Waals surface area contributed by atoms with Crippen LogP contribution in [-0.4, -0.2) is 99.8 Å². The van der Waals surface area contributed by atoms with E-state index in [9.17, 15) is 39.3 Å². The number of nitrogen functional groups attached to an aromatic ring is 1. The van der Waals surface area contributed by atoms with Crippen LogP contribution in [0.15, 0.2) is 12.7 Å². The summed E-state index contributed by atoms with van der Waals surface area (Å²) in [4.78, 5) is 31.5. The molecule has 2 saturated heterocycles. The summed E-state index contributed by atoms with van der Waals surface area (Å²) in [6, 6.07) is 0. The second-order valence-electron chi connectivity index (χ2n) is 7.67. The number of hydrogen-bond donors (Lipinski definition) is 7. The molecule has 0 spiro atoms. The Morgan fingerprint density at radius 1 is 1.00 bits per heavy atom. The number of anilines is 1. The lowest BCUT2D eigenvalue weighted by Crippen LogP contribution is -2.34. The van der Waals surface area contributed by atoms with Crippen molar-refractivity contribution in [3.63, 3.8) is 0 Å². The van der Waals surface area contributed by atoms with Gasteiger partial charge in [-0.2, -0.15) is 4.31 Å². The van der Waals surface area contributed by atoms with Crippen molar-refractivity contribution in [2.75, 3.05) is 18.9 Å². The van der Waals surface area contributed by atoms with Crippen molar-refractivity contribution in [2.24, 2.45) is 0 Å². The predicted molar refractivity (Wildman–Crippen MR) is 110 cm³/mol. The molecule has 20 heteroatoms. The third-order valence-corrected chi connectivity index (χ3v) is 7.85. The Balaban J connectivity index is 1.30. The summed E-state index contributed by atoms with van der Waals surface area (Å²) in [6.45, 7) is -1.58. The number of hydrogen-bond acceptors (Lipinski definition) is 15. The number of aliphatic hydroxyl groups excluding tert-OH is 4. The number of aliphatic hydroxyl groups is 4. The molecule has 0 amide bonds. The normalized spacial score (nSPS) is 34.7. The lowest BCUT2D eigenvalue weighted by molar-refractivity contribution is -0.132. The van der Waals surface area contributed by atoms with E-state index in [1.807, 2.05) is 0 Å². The highest BCUT2D eigenvalue weighted by molar-refractivity contribution is 7.61. The van der Waals surface area contributed by atoms with Crippen LogP contribution in [0.3, 0.4) is 0 Å². The van der Waals surface area contributed by atoms with Crippen molar-refractivity contribution < 1.29 is 62.2 Å². The monoisotopic (exact) mass is 543 g/mol. The zero-order chi connectivity index (χ0) is 25.5. The molecular weight excluding hydrogens is 520 g/mol. The van der Waals surface area contributed by atoms with E-state index in [0.29, 0.717) is 11.2 Å². The van der Waals surface area contributed by atoms with Crippen molar-refractivity contribution in [1.29, 1.82) is 0 Å². The van der Waals surface area contributed by atoms with Gasteiger partial charge in [-0.15, -0.1) is 0 Å². The molecule has 2 aliphatic rings. The Bertz CT molecular complexity index is 1150. The van der Waals surface area contributed by atoms with Gasteiger partial charge in [-0.25, -0.2) is 24.1 Å². The van der Waals surface area contributed by atoms with Gasteiger partial charge in [0.15, 0.2) is 17.8 Å². The van der Waals surface area contributed by atoms with Gasteiger partial charge in [0.25, 0.3) is 0 Å². The standard InChI is InChI=1S/C15H23N5O13P2/c16-13-10-14(18-4-17-13)20(5-19-10)9-1-6(21)7(31-9)2-29-34(25,26)33-35(27,28)30-3-8-11(22)12(23)15(24)32-8/h4-9,11-12,15,21-24H,1-3H2,(H,25,26)(H,27,28)(H2,16,17,18)/t6-,7+,8+,9+,11+,12+,15-/m0/s1. The van der Waals surface area contributed by atoms with E-state index >= 15 is 0 Å². The van der Waals surface area contributed by atoms with E-state index < -0.39 is 71.9 Å². The zero-order valence-corrected chi connectivity index (χ0v) is 19.4. The van der Waals surface area contributed by atoms with Crippen LogP contribution in [0.1, 0.15) is 12.6 Å². The summed E-state index contributed by atoms with van der Waals surface area (Å²) < 4.78 is 49.3. The quantitative estimate of drug-likeness (QED) is 0.164. The molecule has 0 radical (unpaired) electrons. The molecule has 0 aliphatic carbocycles. The summed E-state index contributed by atoms with van der Waals surface area (Å²) in [5.74, 6) is 0.141. The molecule has 4 heterocycles. The number of nitrogens with two attached hydrogens (primary N) is 1. The first-order chi connectivity index (χ1) is 16.4. The summed E-state index contributed by atoms with van der Waals surface area (Å²) in [5.41, 5.74) is 6.39. The number of rotatable bonds is 9. The molecule has 2 aromatic heterocycles. The topological polar surface area (TPSA) is 271 Å². The highest BCUT2D eigenvalue weighted by atomic mass is 31.3. The van der Waals surface area contributed by atoms with Gasteiger partial charge in [0.05, 0.1) is 25.6 Å². The Kier molecular flexibility index (Phi) is 7.57. The first-order valence-corrected chi connectivity index (χ1v) is 13.0. The second kappa shape index (κ2) is 10.0. The molecule has 8 N–H and O–H groups in total. The first-order valence-electron chi connectivity index (χ1n) is 9.99. The zero-order valence-electron chi connectivity index (χ0n) is 17.6. The second-order valence-corrected chi connectivity index (χ2v) is 10.7. The van der Waals surface area contributed by atoms with Gasteiger partial charge in [0.2, 0.25) is 0 Å². The highest BCUT2D eigenvalue weighted by Crippen LogP contribution is 2.60. The summed E-state index contributed by atoms with van der Waals surface area (Å²) in [7, 11) is -10.4. The Hall–Kier alpha value is -1.63. The number of imidazole rings is 1. The molecule has 4 rings (SSSR count). The van der Waals surface area contributed by atoms with Crippen LogP contribution in [-0.2, 0) is 32.0 Å². The number of ether oxygens (including phenoxy) is 2. The van der Waals surface area contributed by atoms with Crippen molar-refractivity contribution >= 4 is 32.6 Å². The smallest absolute Gasteiger partial charge is 0.390 e. The lowest BCUT2D eigenvalue weighted by Gasteiger charge is -2.20. The van der Waals surface area contributed by atoms with E-state index in [-0.39, 0.29) is 12.2 Å². The van der Waals surface area contributed by atoms with Crippen LogP contribution in [0, 0.1) is 0 Å². The van der Waals surface area contributed by atoms with Crippen molar-refractivity contribution in [3.8, 4) is 0 Å². The van der Waals surface area contributed by atoms with E-state index in [1.54, 1.807) is 0 Å². The number of phosphoric ester groups is 2. The van der Waals surface area contributed by atoms with Crippen molar-refractivity contribution in [2.45, 2.75) is 49.5 Å². The van der Waals surface area contributed by atoms with E-state index in [4.69, 9.17) is 15.2 Å². The molecule has 0 saturated carbocycles. The maximum atomic E-state index is 12.1. The van der Waals surface area contributed by atoms with Gasteiger partial charge < -0.3 is 45.4 Å². The SMILES string of the molecule is Nc1ncnc2c1ncn2[C@H]1C[C@H](O)[C@@H](COP(=O)(O)OP(=O)(O)OC[C@H]2O[C@H](O)[C@H](O)[C@@H]2O)O1. The number of aromatic nitrogens is 4. The van der Waals surface area contributed by atoms with Crippen molar-refractivity contribution in [3.05, 3.63) is 12.7 Å². The predicted octanol–water partition coefficient (Wildman–Crippen LogP) is -2.25. The molecule has 2 aromatic rings. The van der Waals surface area contributed by atoms with Gasteiger partial charge in [-0.1, -0.05) is 0 Å². The minimum Gasteiger partial charge on any atom is -0.390 e. The fraction of sp³-hybridized carbons (Fsp3) is 0.667. The Labute approximate surface area is 196 Å². The van der Waals surface area contributed by atoms with E-state index in [1.165, 1.54) is 17.2 Å². The summed E-state index contributed by atoms with van der Waals surface area (Å²) in [5, 5.41) is 38.6. The largest absolute Gasteiger partial charge is 0.481 e. The van der Waals surface area contributed by atoms with Gasteiger partial charge in [-0.3, -0.25) is 13.6 Å². The average Bonchev–Trinajstić information content (AvgIpc) is 3.43. The molecule has 196 valence electrons. The molecule has 18 nitrogen and oxygen atoms in total. The van der Waals surface area contributed by atoms with Gasteiger partial charge in [0.1, 0.15) is 42.5 Å². The van der Waals surface area contributed by atoms with Gasteiger partial charge >= 0.3 is 15.6 Å². The molecule has 35 heavy (non-hydrogen) atoms. The maximum absolute atomic E-state index is 12.1. The Morgan fingerprint density at radius 3 is 2.29 bits per heavy atom. The van der Waals surface area contributed by atoms with Crippen LogP contribution in [0.4, 0.5) is 5.82 Å². The van der Waals surface area contributed by atoms with Gasteiger partial charge in [0, 0.05) is 6.42 Å². The fourth-order valence-corrected chi connectivity index (χ4v) is 5.59. The molecular formula is C15H23N5O13P2. The third kappa shape index (κ3) is 5.86. The number of phosphoric acid groups is 2.